The topological polar surface area (TPSA) is 113 Å². The Morgan fingerprint density at radius 3 is 2.67 bits per heavy atom. The van der Waals surface area contributed by atoms with Crippen LogP contribution in [0.4, 0.5) is 5.69 Å². The van der Waals surface area contributed by atoms with Crippen LogP contribution in [-0.4, -0.2) is 15.3 Å². The Bertz CT molecular complexity index is 1180. The zero-order valence-electron chi connectivity index (χ0n) is 14.0. The lowest BCUT2D eigenvalue weighted by Gasteiger charge is -2.00. The summed E-state index contributed by atoms with van der Waals surface area (Å²) in [6.07, 6.45) is 3.14. The number of rotatable bonds is 5. The van der Waals surface area contributed by atoms with Crippen molar-refractivity contribution in [1.29, 1.82) is 10.5 Å². The van der Waals surface area contributed by atoms with Gasteiger partial charge in [-0.1, -0.05) is 30.3 Å². The van der Waals surface area contributed by atoms with Gasteiger partial charge in [-0.2, -0.15) is 10.5 Å². The summed E-state index contributed by atoms with van der Waals surface area (Å²) in [6.45, 7) is 0.134. The van der Waals surface area contributed by atoms with Crippen LogP contribution in [0.1, 0.15) is 15.9 Å². The maximum absolute atomic E-state index is 12.7. The van der Waals surface area contributed by atoms with E-state index < -0.39 is 10.7 Å². The van der Waals surface area contributed by atoms with Crippen molar-refractivity contribution >= 4 is 28.4 Å². The quantitative estimate of drug-likeness (QED) is 0.226. The number of non-ortho nitro benzene ring substituents is 1. The molecule has 0 aliphatic rings. The summed E-state index contributed by atoms with van der Waals surface area (Å²) in [5.41, 5.74) is 1.14. The van der Waals surface area contributed by atoms with Gasteiger partial charge >= 0.3 is 0 Å². The molecule has 1 heterocycles. The molecule has 0 aliphatic heterocycles. The molecule has 0 saturated carbocycles. The molecule has 0 unspecified atom stereocenters. The average Bonchev–Trinajstić information content (AvgIpc) is 3.03. The van der Waals surface area contributed by atoms with Crippen molar-refractivity contribution in [1.82, 2.24) is 4.57 Å². The number of nitriles is 2. The molecule has 0 atom stereocenters. The van der Waals surface area contributed by atoms with Gasteiger partial charge in [0.15, 0.2) is 0 Å². The van der Waals surface area contributed by atoms with Crippen LogP contribution in [0.25, 0.3) is 17.0 Å². The lowest BCUT2D eigenvalue weighted by atomic mass is 10.0. The van der Waals surface area contributed by atoms with E-state index in [1.807, 2.05) is 30.3 Å². The number of para-hydroxylation sites is 1. The van der Waals surface area contributed by atoms with E-state index in [-0.39, 0.29) is 23.4 Å². The molecule has 0 N–H and O–H groups in total. The largest absolute Gasteiger partial charge is 0.333 e. The van der Waals surface area contributed by atoms with Crippen molar-refractivity contribution in [2.75, 3.05) is 0 Å². The van der Waals surface area contributed by atoms with E-state index in [1.165, 1.54) is 24.3 Å². The second kappa shape index (κ2) is 7.34. The lowest BCUT2D eigenvalue weighted by molar-refractivity contribution is -0.384. The highest BCUT2D eigenvalue weighted by Crippen LogP contribution is 2.25. The summed E-state index contributed by atoms with van der Waals surface area (Å²) in [6, 6.07) is 16.5. The summed E-state index contributed by atoms with van der Waals surface area (Å²) in [4.78, 5) is 23.0. The molecule has 7 nitrogen and oxygen atoms in total. The van der Waals surface area contributed by atoms with Gasteiger partial charge in [0.05, 0.1) is 11.0 Å². The van der Waals surface area contributed by atoms with Crippen LogP contribution in [0.5, 0.6) is 0 Å². The molecule has 0 saturated heterocycles. The number of nitro benzene ring substituents is 1. The van der Waals surface area contributed by atoms with Crippen LogP contribution < -0.4 is 0 Å². The fourth-order valence-electron chi connectivity index (χ4n) is 2.82. The highest BCUT2D eigenvalue weighted by molar-refractivity contribution is 6.15. The number of aromatic nitrogens is 1. The van der Waals surface area contributed by atoms with E-state index in [0.717, 1.165) is 17.0 Å². The van der Waals surface area contributed by atoms with Crippen molar-refractivity contribution < 1.29 is 9.72 Å². The Morgan fingerprint density at radius 2 is 1.96 bits per heavy atom. The first-order chi connectivity index (χ1) is 13.0. The second-order valence-corrected chi connectivity index (χ2v) is 5.69. The standard InChI is InChI=1S/C20H12N4O3/c21-8-9-23-13-16(18-6-1-2-7-19(18)23)10-15(12-22)20(25)14-4-3-5-17(11-14)24(26)27/h1-7,10-11,13H,9H2/b15-10+. The van der Waals surface area contributed by atoms with Crippen molar-refractivity contribution in [3.8, 4) is 12.1 Å². The third-order valence-electron chi connectivity index (χ3n) is 4.04. The van der Waals surface area contributed by atoms with Crippen LogP contribution in [0, 0.1) is 32.8 Å². The molecule has 1 aromatic heterocycles. The molecule has 0 fully saturated rings. The summed E-state index contributed by atoms with van der Waals surface area (Å²) in [5.74, 6) is -0.599. The molecule has 0 radical (unpaired) electrons. The predicted molar refractivity (Wildman–Crippen MR) is 98.6 cm³/mol. The van der Waals surface area contributed by atoms with Gasteiger partial charge in [-0.25, -0.2) is 0 Å². The van der Waals surface area contributed by atoms with Crippen LogP contribution in [0.3, 0.4) is 0 Å². The highest BCUT2D eigenvalue weighted by Gasteiger charge is 2.17. The number of allylic oxidation sites excluding steroid dienone is 1. The monoisotopic (exact) mass is 356 g/mol. The number of hydrogen-bond acceptors (Lipinski definition) is 5. The minimum atomic E-state index is -0.599. The van der Waals surface area contributed by atoms with Crippen LogP contribution in [0.15, 0.2) is 60.3 Å². The smallest absolute Gasteiger partial charge is 0.270 e. The molecule has 0 spiro atoms. The number of carbonyl (C=O) groups is 1. The third kappa shape index (κ3) is 3.44. The summed E-state index contributed by atoms with van der Waals surface area (Å²) in [7, 11) is 0. The number of Topliss-reactive ketones (excluding diaryl/α,β-unsaturated/α-hetero) is 1. The van der Waals surface area contributed by atoms with Gasteiger partial charge < -0.3 is 4.57 Å². The number of hydrogen-bond donors (Lipinski definition) is 0. The van der Waals surface area contributed by atoms with E-state index in [2.05, 4.69) is 6.07 Å². The van der Waals surface area contributed by atoms with Crippen molar-refractivity contribution in [3.63, 3.8) is 0 Å². The van der Waals surface area contributed by atoms with E-state index in [1.54, 1.807) is 10.8 Å². The van der Waals surface area contributed by atoms with Gasteiger partial charge in [0.1, 0.15) is 18.2 Å². The van der Waals surface area contributed by atoms with E-state index >= 15 is 0 Å². The number of ketones is 1. The molecule has 0 bridgehead atoms. The molecule has 2 aromatic carbocycles. The number of carbonyl (C=O) groups excluding carboxylic acids is 1. The molecule has 3 aromatic rings. The first kappa shape index (κ1) is 17.6. The zero-order chi connectivity index (χ0) is 19.4. The first-order valence-electron chi connectivity index (χ1n) is 7.91. The van der Waals surface area contributed by atoms with Crippen LogP contribution in [-0.2, 0) is 6.54 Å². The zero-order valence-corrected chi connectivity index (χ0v) is 14.0. The second-order valence-electron chi connectivity index (χ2n) is 5.69. The number of benzene rings is 2. The fourth-order valence-corrected chi connectivity index (χ4v) is 2.82. The Kier molecular flexibility index (Phi) is 4.78. The van der Waals surface area contributed by atoms with Gasteiger partial charge in [0, 0.05) is 40.4 Å². The Labute approximate surface area is 154 Å². The summed E-state index contributed by atoms with van der Waals surface area (Å²) in [5, 5.41) is 30.1. The van der Waals surface area contributed by atoms with Gasteiger partial charge in [-0.3, -0.25) is 14.9 Å². The van der Waals surface area contributed by atoms with E-state index in [4.69, 9.17) is 5.26 Å². The number of nitro groups is 1. The summed E-state index contributed by atoms with van der Waals surface area (Å²) < 4.78 is 1.73. The molecule has 130 valence electrons. The lowest BCUT2D eigenvalue weighted by Crippen LogP contribution is -2.02. The maximum Gasteiger partial charge on any atom is 0.270 e. The minimum Gasteiger partial charge on any atom is -0.333 e. The van der Waals surface area contributed by atoms with Crippen molar-refractivity contribution in [3.05, 3.63) is 81.5 Å². The van der Waals surface area contributed by atoms with Crippen molar-refractivity contribution in [2.45, 2.75) is 6.54 Å². The van der Waals surface area contributed by atoms with E-state index in [9.17, 15) is 20.2 Å². The predicted octanol–water partition coefficient (Wildman–Crippen LogP) is 3.86. The SMILES string of the molecule is N#CCn1cc(/C=C(\C#N)C(=O)c2cccc([N+](=O)[O-])c2)c2ccccc21. The molecule has 27 heavy (non-hydrogen) atoms. The molecule has 7 heteroatoms. The van der Waals surface area contributed by atoms with Gasteiger partial charge in [-0.15, -0.1) is 0 Å². The minimum absolute atomic E-state index is 0.0674. The molecular formula is C20H12N4O3. The van der Waals surface area contributed by atoms with Gasteiger partial charge in [0.2, 0.25) is 5.78 Å². The molecule has 0 aliphatic carbocycles. The maximum atomic E-state index is 12.7. The van der Waals surface area contributed by atoms with Crippen molar-refractivity contribution in [2.24, 2.45) is 0 Å². The first-order valence-corrected chi connectivity index (χ1v) is 7.91. The fraction of sp³-hybridized carbons (Fsp3) is 0.0500. The van der Waals surface area contributed by atoms with Crippen LogP contribution in [0.2, 0.25) is 0 Å². The number of nitrogens with zero attached hydrogens (tertiary/aromatic N) is 4. The summed E-state index contributed by atoms with van der Waals surface area (Å²) >= 11 is 0. The third-order valence-corrected chi connectivity index (χ3v) is 4.04. The average molecular weight is 356 g/mol. The Hall–Kier alpha value is -4.23. The normalized spacial score (nSPS) is 11.0. The van der Waals surface area contributed by atoms with E-state index in [0.29, 0.717) is 5.56 Å². The van der Waals surface area contributed by atoms with Gasteiger partial charge in [-0.05, 0) is 12.1 Å². The molecular weight excluding hydrogens is 344 g/mol. The Balaban J connectivity index is 2.08. The highest BCUT2D eigenvalue weighted by atomic mass is 16.6. The molecule has 3 rings (SSSR count). The van der Waals surface area contributed by atoms with Crippen LogP contribution >= 0.6 is 0 Å². The molecule has 0 amide bonds. The number of fused-ring (bicyclic) bond motifs is 1. The van der Waals surface area contributed by atoms with Gasteiger partial charge in [0.25, 0.3) is 5.69 Å². The Morgan fingerprint density at radius 1 is 1.19 bits per heavy atom.